The van der Waals surface area contributed by atoms with Gasteiger partial charge in [0.05, 0.1) is 11.8 Å². The van der Waals surface area contributed by atoms with Gasteiger partial charge in [-0.15, -0.1) is 0 Å². The quantitative estimate of drug-likeness (QED) is 0.644. The van der Waals surface area contributed by atoms with Crippen LogP contribution in [-0.2, 0) is 0 Å². The van der Waals surface area contributed by atoms with Gasteiger partial charge in [0.25, 0.3) is 0 Å². The molecule has 0 saturated carbocycles. The van der Waals surface area contributed by atoms with Gasteiger partial charge < -0.3 is 4.42 Å². The number of nitrogens with zero attached hydrogens (tertiary/aromatic N) is 2. The van der Waals surface area contributed by atoms with Crippen LogP contribution in [0.2, 0.25) is 0 Å². The number of rotatable bonds is 1. The van der Waals surface area contributed by atoms with Crippen LogP contribution < -0.4 is 0 Å². The fraction of sp³-hybridized carbons (Fsp3) is 0.300. The number of allylic oxidation sites excluding steroid dienone is 1. The molecule has 1 aromatic heterocycles. The third-order valence-electron chi connectivity index (χ3n) is 1.91. The van der Waals surface area contributed by atoms with Gasteiger partial charge >= 0.3 is 0 Å². The molecule has 0 aliphatic carbocycles. The van der Waals surface area contributed by atoms with Gasteiger partial charge in [-0.25, -0.2) is 4.99 Å². The summed E-state index contributed by atoms with van der Waals surface area (Å²) in [7, 11) is 0. The van der Waals surface area contributed by atoms with Gasteiger partial charge in [-0.05, 0) is 11.8 Å². The van der Waals surface area contributed by atoms with Gasteiger partial charge in [0.1, 0.15) is 12.0 Å². The van der Waals surface area contributed by atoms with E-state index >= 15 is 0 Å². The topological polar surface area (TPSA) is 37.9 Å². The van der Waals surface area contributed by atoms with E-state index in [0.29, 0.717) is 5.92 Å². The van der Waals surface area contributed by atoms with Crippen molar-refractivity contribution in [1.29, 1.82) is 0 Å². The predicted octanol–water partition coefficient (Wildman–Crippen LogP) is 2.66. The molecule has 3 heteroatoms. The van der Waals surface area contributed by atoms with Crippen LogP contribution in [0.15, 0.2) is 26.7 Å². The molecule has 0 saturated heterocycles. The Morgan fingerprint density at radius 3 is 3.08 bits per heavy atom. The first-order valence-electron chi connectivity index (χ1n) is 4.22. The molecule has 0 fully saturated rings. The summed E-state index contributed by atoms with van der Waals surface area (Å²) >= 11 is 0. The Morgan fingerprint density at radius 2 is 2.31 bits per heavy atom. The molecule has 0 radical (unpaired) electrons. The van der Waals surface area contributed by atoms with Crippen molar-refractivity contribution in [1.82, 2.24) is 0 Å². The van der Waals surface area contributed by atoms with Crippen molar-refractivity contribution < 1.29 is 4.42 Å². The minimum absolute atomic E-state index is 0.343. The van der Waals surface area contributed by atoms with Crippen molar-refractivity contribution in [3.05, 3.63) is 18.1 Å². The van der Waals surface area contributed by atoms with E-state index in [4.69, 9.17) is 4.42 Å². The molecular formula is C10H10N2O. The first kappa shape index (κ1) is 8.02. The Hall–Kier alpha value is -1.60. The summed E-state index contributed by atoms with van der Waals surface area (Å²) in [5.74, 6) is 4.05. The Labute approximate surface area is 76.5 Å². The summed E-state index contributed by atoms with van der Waals surface area (Å²) in [6, 6.07) is 1.83. The fourth-order valence-corrected chi connectivity index (χ4v) is 1.24. The molecule has 2 rings (SSSR count). The average Bonchev–Trinajstić information content (AvgIpc) is 2.44. The van der Waals surface area contributed by atoms with E-state index in [1.165, 1.54) is 6.34 Å². The summed E-state index contributed by atoms with van der Waals surface area (Å²) in [5, 5.41) is 0. The smallest absolute Gasteiger partial charge is 0.165 e. The Bertz CT molecular complexity index is 406. The highest BCUT2D eigenvalue weighted by molar-refractivity contribution is 5.96. The third-order valence-corrected chi connectivity index (χ3v) is 1.91. The predicted molar refractivity (Wildman–Crippen MR) is 52.5 cm³/mol. The molecule has 3 nitrogen and oxygen atoms in total. The highest BCUT2D eigenvalue weighted by Gasteiger charge is 2.15. The molecule has 1 aromatic rings. The number of hydrogen-bond donors (Lipinski definition) is 0. The monoisotopic (exact) mass is 174 g/mol. The van der Waals surface area contributed by atoms with Crippen molar-refractivity contribution in [3.63, 3.8) is 0 Å². The van der Waals surface area contributed by atoms with Crippen LogP contribution in [0.1, 0.15) is 19.6 Å². The molecule has 1 aliphatic rings. The van der Waals surface area contributed by atoms with Crippen molar-refractivity contribution in [2.45, 2.75) is 13.8 Å². The van der Waals surface area contributed by atoms with Crippen molar-refractivity contribution in [2.75, 3.05) is 0 Å². The van der Waals surface area contributed by atoms with Crippen LogP contribution in [-0.4, -0.2) is 12.2 Å². The van der Waals surface area contributed by atoms with E-state index in [-0.39, 0.29) is 0 Å². The number of aliphatic imine (C=N–C) groups is 2. The normalized spacial score (nSPS) is 14.2. The highest BCUT2D eigenvalue weighted by atomic mass is 16.3. The van der Waals surface area contributed by atoms with E-state index in [1.807, 2.05) is 6.07 Å². The van der Waals surface area contributed by atoms with E-state index in [2.05, 4.69) is 29.7 Å². The SMILES string of the molecule is CC(C)C1=C=NC=Nc2ccoc21. The second kappa shape index (κ2) is 3.04. The largest absolute Gasteiger partial charge is 0.462 e. The third kappa shape index (κ3) is 1.34. The summed E-state index contributed by atoms with van der Waals surface area (Å²) in [4.78, 5) is 8.03. The van der Waals surface area contributed by atoms with Crippen molar-refractivity contribution in [2.24, 2.45) is 15.9 Å². The lowest BCUT2D eigenvalue weighted by Gasteiger charge is -2.03. The molecule has 66 valence electrons. The second-order valence-electron chi connectivity index (χ2n) is 3.19. The molecule has 2 heterocycles. The Morgan fingerprint density at radius 1 is 1.46 bits per heavy atom. The first-order valence-corrected chi connectivity index (χ1v) is 4.22. The lowest BCUT2D eigenvalue weighted by atomic mass is 10.0. The first-order chi connectivity index (χ1) is 6.29. The highest BCUT2D eigenvalue weighted by Crippen LogP contribution is 2.31. The summed E-state index contributed by atoms with van der Waals surface area (Å²) in [5.41, 5.74) is 1.80. The summed E-state index contributed by atoms with van der Waals surface area (Å²) < 4.78 is 5.34. The lowest BCUT2D eigenvalue weighted by molar-refractivity contribution is 0.546. The number of furan rings is 1. The zero-order chi connectivity index (χ0) is 9.26. The van der Waals surface area contributed by atoms with Crippen molar-refractivity contribution in [3.8, 4) is 0 Å². The van der Waals surface area contributed by atoms with Gasteiger partial charge in [0.2, 0.25) is 0 Å². The summed E-state index contributed by atoms with van der Waals surface area (Å²) in [6.07, 6.45) is 3.13. The fourth-order valence-electron chi connectivity index (χ4n) is 1.24. The molecule has 13 heavy (non-hydrogen) atoms. The maximum absolute atomic E-state index is 5.34. The zero-order valence-electron chi connectivity index (χ0n) is 7.61. The lowest BCUT2D eigenvalue weighted by Crippen LogP contribution is -1.92. The Kier molecular flexibility index (Phi) is 1.87. The van der Waals surface area contributed by atoms with Crippen LogP contribution in [0.4, 0.5) is 5.69 Å². The number of fused-ring (bicyclic) bond motifs is 1. The Balaban J connectivity index is 2.60. The molecule has 0 N–H and O–H groups in total. The van der Waals surface area contributed by atoms with E-state index in [1.54, 1.807) is 6.26 Å². The maximum atomic E-state index is 5.34. The second-order valence-corrected chi connectivity index (χ2v) is 3.19. The summed E-state index contributed by atoms with van der Waals surface area (Å²) in [6.45, 7) is 4.16. The van der Waals surface area contributed by atoms with Crippen molar-refractivity contribution >= 4 is 23.5 Å². The molecule has 0 unspecified atom stereocenters. The van der Waals surface area contributed by atoms with Gasteiger partial charge in [-0.2, -0.15) is 4.99 Å². The van der Waals surface area contributed by atoms with Crippen LogP contribution in [0.25, 0.3) is 5.57 Å². The number of hydrogen-bond acceptors (Lipinski definition) is 3. The maximum Gasteiger partial charge on any atom is 0.165 e. The molecule has 1 aliphatic heterocycles. The minimum atomic E-state index is 0.343. The molecule has 0 atom stereocenters. The molecular weight excluding hydrogens is 164 g/mol. The van der Waals surface area contributed by atoms with Crippen LogP contribution in [0.3, 0.4) is 0 Å². The van der Waals surface area contributed by atoms with Gasteiger partial charge in [0.15, 0.2) is 5.76 Å². The van der Waals surface area contributed by atoms with Gasteiger partial charge in [-0.3, -0.25) is 0 Å². The van der Waals surface area contributed by atoms with E-state index in [0.717, 1.165) is 17.0 Å². The molecule has 0 spiro atoms. The van der Waals surface area contributed by atoms with Gasteiger partial charge in [-0.1, -0.05) is 13.8 Å². The van der Waals surface area contributed by atoms with Crippen LogP contribution >= 0.6 is 0 Å². The van der Waals surface area contributed by atoms with Crippen LogP contribution in [0, 0.1) is 5.92 Å². The standard InChI is InChI=1S/C10H10N2O/c1-7(2)8-5-11-6-12-9-3-4-13-10(8)9/h3-4,6-7H,1-2H3. The van der Waals surface area contributed by atoms with Crippen LogP contribution in [0.5, 0.6) is 0 Å². The van der Waals surface area contributed by atoms with E-state index < -0.39 is 0 Å². The molecule has 0 bridgehead atoms. The molecule has 0 aromatic carbocycles. The average molecular weight is 174 g/mol. The van der Waals surface area contributed by atoms with Gasteiger partial charge in [0, 0.05) is 6.07 Å². The minimum Gasteiger partial charge on any atom is -0.462 e. The van der Waals surface area contributed by atoms with E-state index in [9.17, 15) is 0 Å². The zero-order valence-corrected chi connectivity index (χ0v) is 7.61. The molecule has 0 amide bonds.